The van der Waals surface area contributed by atoms with E-state index in [1.165, 1.54) is 12.1 Å². The van der Waals surface area contributed by atoms with Crippen molar-refractivity contribution in [2.24, 2.45) is 10.9 Å². The summed E-state index contributed by atoms with van der Waals surface area (Å²) < 4.78 is 47.8. The highest BCUT2D eigenvalue weighted by atomic mass is 32.2. The van der Waals surface area contributed by atoms with Gasteiger partial charge in [0.1, 0.15) is 11.9 Å². The van der Waals surface area contributed by atoms with Crippen molar-refractivity contribution >= 4 is 22.1 Å². The van der Waals surface area contributed by atoms with Crippen LogP contribution in [0, 0.1) is 11.7 Å². The molecule has 3 aliphatic rings. The van der Waals surface area contributed by atoms with Crippen LogP contribution < -0.4 is 4.31 Å². The van der Waals surface area contributed by atoms with E-state index in [-0.39, 0.29) is 18.2 Å². The van der Waals surface area contributed by atoms with Crippen LogP contribution in [0.15, 0.2) is 29.3 Å². The van der Waals surface area contributed by atoms with Crippen molar-refractivity contribution in [2.75, 3.05) is 17.4 Å². The summed E-state index contributed by atoms with van der Waals surface area (Å²) in [5, 5.41) is -0.475. The van der Waals surface area contributed by atoms with Crippen molar-refractivity contribution in [3.05, 3.63) is 30.1 Å². The van der Waals surface area contributed by atoms with E-state index in [0.717, 1.165) is 32.4 Å². The van der Waals surface area contributed by atoms with Crippen LogP contribution in [0.1, 0.15) is 53.4 Å². The number of hydrogen-bond acceptors (Lipinski definition) is 5. The number of halogens is 1. The smallest absolute Gasteiger partial charge is 0.238 e. The second kappa shape index (κ2) is 8.35. The number of anilines is 1. The first kappa shape index (κ1) is 22.5. The molecule has 0 bridgehead atoms. The molecule has 8 heteroatoms. The van der Waals surface area contributed by atoms with E-state index < -0.39 is 26.6 Å². The van der Waals surface area contributed by atoms with Gasteiger partial charge in [-0.1, -0.05) is 19.9 Å². The van der Waals surface area contributed by atoms with Gasteiger partial charge in [0.15, 0.2) is 6.40 Å². The molecule has 0 amide bonds. The number of aliphatic imine (C=N–C) groups is 1. The highest BCUT2D eigenvalue weighted by molar-refractivity contribution is 7.93. The topological polar surface area (TPSA) is 62.2 Å². The van der Waals surface area contributed by atoms with Crippen LogP contribution >= 0.6 is 0 Å². The molecule has 5 atom stereocenters. The van der Waals surface area contributed by atoms with Crippen LogP contribution in [-0.4, -0.2) is 61.8 Å². The fourth-order valence-corrected chi connectivity index (χ4v) is 7.73. The molecule has 172 valence electrons. The van der Waals surface area contributed by atoms with Crippen molar-refractivity contribution in [1.82, 2.24) is 4.90 Å². The highest BCUT2D eigenvalue weighted by Crippen LogP contribution is 2.47. The van der Waals surface area contributed by atoms with Crippen molar-refractivity contribution in [3.8, 4) is 0 Å². The average Bonchev–Trinajstić information content (AvgIpc) is 3.17. The maximum Gasteiger partial charge on any atom is 0.238 e. The van der Waals surface area contributed by atoms with E-state index in [2.05, 4.69) is 30.7 Å². The maximum atomic E-state index is 14.0. The van der Waals surface area contributed by atoms with Crippen molar-refractivity contribution < 1.29 is 17.5 Å². The number of sulfonamides is 1. The third-order valence-corrected chi connectivity index (χ3v) is 9.40. The lowest BCUT2D eigenvalue weighted by Crippen LogP contribution is -2.57. The van der Waals surface area contributed by atoms with Gasteiger partial charge < -0.3 is 4.74 Å². The zero-order valence-electron chi connectivity index (χ0n) is 18.9. The van der Waals surface area contributed by atoms with Gasteiger partial charge in [0.2, 0.25) is 10.0 Å². The monoisotopic (exact) mass is 451 g/mol. The minimum Gasteiger partial charge on any atom is -0.477 e. The number of piperidine rings is 1. The van der Waals surface area contributed by atoms with Crippen LogP contribution in [0.5, 0.6) is 0 Å². The second-order valence-corrected chi connectivity index (χ2v) is 12.2. The molecule has 1 aromatic rings. The van der Waals surface area contributed by atoms with E-state index in [0.29, 0.717) is 18.0 Å². The standard InChI is InChI=1S/C23H34FN3O3S/c1-16(2)10-21-22(30-15-25-21)14-26-9-8-23(12-17(26)3)13-18(4)31(28,29)27(23)20-7-5-6-19(24)11-20/h5-7,11,15-18,21-22H,8-10,12-14H2,1-4H3/t17-,18?,21?,22?,23+/m0/s1. The van der Waals surface area contributed by atoms with Gasteiger partial charge in [-0.2, -0.15) is 0 Å². The molecule has 6 nitrogen and oxygen atoms in total. The molecule has 3 heterocycles. The van der Waals surface area contributed by atoms with Crippen molar-refractivity contribution in [2.45, 2.75) is 82.4 Å². The lowest BCUT2D eigenvalue weighted by molar-refractivity contribution is 0.0561. The van der Waals surface area contributed by atoms with E-state index in [1.54, 1.807) is 29.8 Å². The number of rotatable bonds is 5. The Hall–Kier alpha value is -1.67. The lowest BCUT2D eigenvalue weighted by Gasteiger charge is -2.48. The summed E-state index contributed by atoms with van der Waals surface area (Å²) in [6, 6.07) is 6.35. The predicted molar refractivity (Wildman–Crippen MR) is 121 cm³/mol. The third kappa shape index (κ3) is 4.21. The molecule has 2 fully saturated rings. The van der Waals surface area contributed by atoms with E-state index in [9.17, 15) is 12.8 Å². The summed E-state index contributed by atoms with van der Waals surface area (Å²) in [5.41, 5.74) is -0.0682. The molecule has 0 aliphatic carbocycles. The summed E-state index contributed by atoms with van der Waals surface area (Å²) in [5.74, 6) is 0.140. The Morgan fingerprint density at radius 1 is 1.29 bits per heavy atom. The van der Waals surface area contributed by atoms with Gasteiger partial charge in [0.05, 0.1) is 22.5 Å². The average molecular weight is 452 g/mol. The van der Waals surface area contributed by atoms with Gasteiger partial charge in [-0.25, -0.2) is 12.8 Å². The van der Waals surface area contributed by atoms with E-state index >= 15 is 0 Å². The molecule has 4 rings (SSSR count). The Bertz CT molecular complexity index is 938. The predicted octanol–water partition coefficient (Wildman–Crippen LogP) is 3.82. The van der Waals surface area contributed by atoms with E-state index in [1.807, 2.05) is 0 Å². The first-order valence-corrected chi connectivity index (χ1v) is 12.8. The second-order valence-electron chi connectivity index (χ2n) is 9.95. The van der Waals surface area contributed by atoms with Gasteiger partial charge in [0.25, 0.3) is 0 Å². The van der Waals surface area contributed by atoms with Crippen molar-refractivity contribution in [3.63, 3.8) is 0 Å². The third-order valence-electron chi connectivity index (χ3n) is 7.11. The molecule has 3 aliphatic heterocycles. The van der Waals surface area contributed by atoms with Crippen LogP contribution in [0.3, 0.4) is 0 Å². The molecular formula is C23H34FN3O3S. The van der Waals surface area contributed by atoms with Crippen LogP contribution in [-0.2, 0) is 14.8 Å². The highest BCUT2D eigenvalue weighted by Gasteiger charge is 2.56. The number of nitrogens with zero attached hydrogens (tertiary/aromatic N) is 3. The summed E-state index contributed by atoms with van der Waals surface area (Å²) in [6.07, 6.45) is 4.64. The Kier molecular flexibility index (Phi) is 6.07. The molecule has 1 aromatic carbocycles. The fourth-order valence-electron chi connectivity index (χ4n) is 5.66. The molecular weight excluding hydrogens is 417 g/mol. The normalized spacial score (nSPS) is 35.2. The zero-order valence-corrected chi connectivity index (χ0v) is 19.7. The van der Waals surface area contributed by atoms with Gasteiger partial charge in [-0.3, -0.25) is 14.2 Å². The van der Waals surface area contributed by atoms with Gasteiger partial charge in [0, 0.05) is 19.1 Å². The van der Waals surface area contributed by atoms with Gasteiger partial charge in [-0.05, 0) is 63.6 Å². The summed E-state index contributed by atoms with van der Waals surface area (Å²) >= 11 is 0. The van der Waals surface area contributed by atoms with Gasteiger partial charge in [-0.15, -0.1) is 0 Å². The number of hydrogen-bond donors (Lipinski definition) is 0. The molecule has 2 saturated heterocycles. The minimum atomic E-state index is -3.53. The zero-order chi connectivity index (χ0) is 22.4. The Morgan fingerprint density at radius 2 is 2.06 bits per heavy atom. The number of benzene rings is 1. The van der Waals surface area contributed by atoms with Crippen molar-refractivity contribution in [1.29, 1.82) is 0 Å². The lowest BCUT2D eigenvalue weighted by atomic mass is 9.79. The van der Waals surface area contributed by atoms with Crippen LogP contribution in [0.25, 0.3) is 0 Å². The number of ether oxygens (including phenoxy) is 1. The summed E-state index contributed by atoms with van der Waals surface area (Å²) in [6.45, 7) is 9.89. The first-order chi connectivity index (χ1) is 14.6. The molecule has 1 spiro atoms. The molecule has 31 heavy (non-hydrogen) atoms. The van der Waals surface area contributed by atoms with Crippen LogP contribution in [0.4, 0.5) is 10.1 Å². The molecule has 0 aromatic heterocycles. The van der Waals surface area contributed by atoms with E-state index in [4.69, 9.17) is 4.74 Å². The molecule has 0 N–H and O–H groups in total. The quantitative estimate of drug-likeness (QED) is 0.683. The van der Waals surface area contributed by atoms with Crippen LogP contribution in [0.2, 0.25) is 0 Å². The first-order valence-electron chi connectivity index (χ1n) is 11.3. The summed E-state index contributed by atoms with van der Waals surface area (Å²) in [4.78, 5) is 6.91. The Labute approximate surface area is 185 Å². The Balaban J connectivity index is 1.53. The fraction of sp³-hybridized carbons (Fsp3) is 0.696. The maximum absolute atomic E-state index is 14.0. The Morgan fingerprint density at radius 3 is 2.74 bits per heavy atom. The molecule has 3 unspecified atom stereocenters. The largest absolute Gasteiger partial charge is 0.477 e. The summed E-state index contributed by atoms with van der Waals surface area (Å²) in [7, 11) is -3.53. The minimum absolute atomic E-state index is 0.0458. The molecule has 0 radical (unpaired) electrons. The number of likely N-dealkylation sites (tertiary alicyclic amines) is 1. The van der Waals surface area contributed by atoms with Gasteiger partial charge >= 0.3 is 0 Å². The molecule has 0 saturated carbocycles. The SMILES string of the molecule is CC(C)CC1N=COC1CN1CC[C@]2(CC(C)S(=O)(=O)N2c2cccc(F)c2)C[C@@H]1C.